The van der Waals surface area contributed by atoms with E-state index in [1.165, 1.54) is 24.8 Å². The molecule has 1 N–H and O–H groups in total. The van der Waals surface area contributed by atoms with Gasteiger partial charge in [-0.05, 0) is 38.0 Å². The molecule has 0 unspecified atom stereocenters. The van der Waals surface area contributed by atoms with Crippen LogP contribution in [0.2, 0.25) is 0 Å². The third-order valence-electron chi connectivity index (χ3n) is 2.77. The van der Waals surface area contributed by atoms with Gasteiger partial charge in [0, 0.05) is 6.61 Å². The molecule has 0 radical (unpaired) electrons. The molecule has 0 heterocycles. The van der Waals surface area contributed by atoms with E-state index < -0.39 is 0 Å². The second-order valence-corrected chi connectivity index (χ2v) is 3.74. The second kappa shape index (κ2) is 3.91. The minimum atomic E-state index is 0.345. The lowest BCUT2D eigenvalue weighted by molar-refractivity contribution is 0.180. The lowest BCUT2D eigenvalue weighted by Gasteiger charge is -2.24. The summed E-state index contributed by atoms with van der Waals surface area (Å²) in [5.74, 6) is 1.21. The number of hydrogen-bond acceptors (Lipinski definition) is 1. The highest BCUT2D eigenvalue weighted by atomic mass is 16.3. The van der Waals surface area contributed by atoms with Crippen molar-refractivity contribution in [3.63, 3.8) is 0 Å². The van der Waals surface area contributed by atoms with Crippen LogP contribution in [0.1, 0.15) is 33.1 Å². The predicted octanol–water partition coefficient (Wildman–Crippen LogP) is 2.36. The van der Waals surface area contributed by atoms with Crippen LogP contribution in [0.4, 0.5) is 0 Å². The first-order valence-corrected chi connectivity index (χ1v) is 4.50. The highest BCUT2D eigenvalue weighted by Crippen LogP contribution is 2.28. The van der Waals surface area contributed by atoms with Gasteiger partial charge in [-0.2, -0.15) is 0 Å². The number of allylic oxidation sites excluding steroid dienone is 2. The largest absolute Gasteiger partial charge is 0.396 e. The van der Waals surface area contributed by atoms with E-state index in [-0.39, 0.29) is 0 Å². The van der Waals surface area contributed by atoms with E-state index in [9.17, 15) is 0 Å². The van der Waals surface area contributed by atoms with Gasteiger partial charge in [0.2, 0.25) is 0 Å². The summed E-state index contributed by atoms with van der Waals surface area (Å²) >= 11 is 0. The van der Waals surface area contributed by atoms with Crippen molar-refractivity contribution in [1.29, 1.82) is 0 Å². The van der Waals surface area contributed by atoms with Gasteiger partial charge in [-0.25, -0.2) is 0 Å². The van der Waals surface area contributed by atoms with Gasteiger partial charge in [0.1, 0.15) is 0 Å². The zero-order chi connectivity index (χ0) is 8.27. The second-order valence-electron chi connectivity index (χ2n) is 3.74. The van der Waals surface area contributed by atoms with Crippen LogP contribution in [-0.2, 0) is 0 Å². The van der Waals surface area contributed by atoms with Crippen molar-refractivity contribution in [1.82, 2.24) is 0 Å². The van der Waals surface area contributed by atoms with Gasteiger partial charge >= 0.3 is 0 Å². The standard InChI is InChI=1S/C10H18O/c1-8-3-5-10(6-4-8)9(2)7-11/h3,9-11H,4-7H2,1-2H3/t9-,10-/m1/s1. The maximum atomic E-state index is 8.93. The minimum Gasteiger partial charge on any atom is -0.396 e. The van der Waals surface area contributed by atoms with Gasteiger partial charge in [-0.1, -0.05) is 18.6 Å². The van der Waals surface area contributed by atoms with Crippen LogP contribution in [0.15, 0.2) is 11.6 Å². The van der Waals surface area contributed by atoms with Crippen molar-refractivity contribution < 1.29 is 5.11 Å². The number of aliphatic hydroxyl groups excluding tert-OH is 1. The Balaban J connectivity index is 2.40. The molecule has 64 valence electrons. The van der Waals surface area contributed by atoms with Crippen molar-refractivity contribution >= 4 is 0 Å². The Morgan fingerprint density at radius 1 is 1.73 bits per heavy atom. The predicted molar refractivity (Wildman–Crippen MR) is 47.3 cm³/mol. The fraction of sp³-hybridized carbons (Fsp3) is 0.800. The molecule has 0 spiro atoms. The molecule has 0 aliphatic heterocycles. The van der Waals surface area contributed by atoms with Gasteiger partial charge < -0.3 is 5.11 Å². The van der Waals surface area contributed by atoms with E-state index in [2.05, 4.69) is 19.9 Å². The van der Waals surface area contributed by atoms with Crippen LogP contribution >= 0.6 is 0 Å². The molecular formula is C10H18O. The summed E-state index contributed by atoms with van der Waals surface area (Å²) in [6, 6.07) is 0. The molecule has 0 fully saturated rings. The first-order chi connectivity index (χ1) is 5.24. The van der Waals surface area contributed by atoms with Crippen LogP contribution in [0.25, 0.3) is 0 Å². The van der Waals surface area contributed by atoms with E-state index in [0.717, 1.165) is 5.92 Å². The molecule has 1 aliphatic rings. The Kier molecular flexibility index (Phi) is 3.13. The molecule has 0 bridgehead atoms. The molecule has 2 atom stereocenters. The average molecular weight is 154 g/mol. The third-order valence-corrected chi connectivity index (χ3v) is 2.77. The van der Waals surface area contributed by atoms with Crippen LogP contribution in [0.3, 0.4) is 0 Å². The summed E-state index contributed by atoms with van der Waals surface area (Å²) in [5, 5.41) is 8.93. The Bertz CT molecular complexity index is 149. The minimum absolute atomic E-state index is 0.345. The van der Waals surface area contributed by atoms with Crippen LogP contribution < -0.4 is 0 Å². The lowest BCUT2D eigenvalue weighted by Crippen LogP contribution is -2.17. The molecule has 0 aromatic carbocycles. The summed E-state index contributed by atoms with van der Waals surface area (Å²) in [7, 11) is 0. The van der Waals surface area contributed by atoms with Gasteiger partial charge in [-0.15, -0.1) is 0 Å². The Morgan fingerprint density at radius 3 is 2.91 bits per heavy atom. The summed E-state index contributed by atoms with van der Waals surface area (Å²) in [6.45, 7) is 4.68. The molecule has 0 saturated carbocycles. The van der Waals surface area contributed by atoms with Crippen LogP contribution in [0, 0.1) is 11.8 Å². The van der Waals surface area contributed by atoms with Gasteiger partial charge in [-0.3, -0.25) is 0 Å². The molecular weight excluding hydrogens is 136 g/mol. The summed E-state index contributed by atoms with van der Waals surface area (Å²) < 4.78 is 0. The Hall–Kier alpha value is -0.300. The monoisotopic (exact) mass is 154 g/mol. The first kappa shape index (κ1) is 8.79. The fourth-order valence-electron chi connectivity index (χ4n) is 1.65. The molecule has 0 amide bonds. The summed E-state index contributed by atoms with van der Waals surface area (Å²) in [5.41, 5.74) is 1.52. The van der Waals surface area contributed by atoms with E-state index >= 15 is 0 Å². The van der Waals surface area contributed by atoms with Crippen molar-refractivity contribution in [3.8, 4) is 0 Å². The molecule has 0 aromatic heterocycles. The highest BCUT2D eigenvalue weighted by molar-refractivity contribution is 5.03. The van der Waals surface area contributed by atoms with Crippen molar-refractivity contribution in [2.24, 2.45) is 11.8 Å². The number of hydrogen-bond donors (Lipinski definition) is 1. The topological polar surface area (TPSA) is 20.2 Å². The van der Waals surface area contributed by atoms with Crippen molar-refractivity contribution in [3.05, 3.63) is 11.6 Å². The maximum Gasteiger partial charge on any atom is 0.0459 e. The van der Waals surface area contributed by atoms with Crippen molar-refractivity contribution in [2.45, 2.75) is 33.1 Å². The van der Waals surface area contributed by atoms with Gasteiger partial charge in [0.05, 0.1) is 0 Å². The SMILES string of the molecule is CC1=CC[C@@H]([C@H](C)CO)CC1. The summed E-state index contributed by atoms with van der Waals surface area (Å²) in [6.07, 6.45) is 5.99. The third kappa shape index (κ3) is 2.33. The Morgan fingerprint density at radius 2 is 2.45 bits per heavy atom. The van der Waals surface area contributed by atoms with E-state index in [4.69, 9.17) is 5.11 Å². The van der Waals surface area contributed by atoms with Gasteiger partial charge in [0.15, 0.2) is 0 Å². The number of rotatable bonds is 2. The summed E-state index contributed by atoms with van der Waals surface area (Å²) in [4.78, 5) is 0. The van der Waals surface area contributed by atoms with Crippen molar-refractivity contribution in [2.75, 3.05) is 6.61 Å². The normalized spacial score (nSPS) is 27.9. The maximum absolute atomic E-state index is 8.93. The Labute approximate surface area is 69.1 Å². The smallest absolute Gasteiger partial charge is 0.0459 e. The molecule has 0 aromatic rings. The van der Waals surface area contributed by atoms with E-state index in [0.29, 0.717) is 12.5 Å². The average Bonchev–Trinajstić information content (AvgIpc) is 2.05. The first-order valence-electron chi connectivity index (χ1n) is 4.50. The van der Waals surface area contributed by atoms with E-state index in [1.54, 1.807) is 0 Å². The molecule has 1 heteroatoms. The molecule has 1 rings (SSSR count). The lowest BCUT2D eigenvalue weighted by atomic mass is 9.82. The molecule has 1 aliphatic carbocycles. The van der Waals surface area contributed by atoms with E-state index in [1.807, 2.05) is 0 Å². The fourth-order valence-corrected chi connectivity index (χ4v) is 1.65. The highest BCUT2D eigenvalue weighted by Gasteiger charge is 2.17. The van der Waals surface area contributed by atoms with Crippen LogP contribution in [0.5, 0.6) is 0 Å². The zero-order valence-electron chi connectivity index (χ0n) is 7.51. The molecule has 0 saturated heterocycles. The molecule has 11 heavy (non-hydrogen) atoms. The quantitative estimate of drug-likeness (QED) is 0.605. The number of aliphatic hydroxyl groups is 1. The van der Waals surface area contributed by atoms with Gasteiger partial charge in [0.25, 0.3) is 0 Å². The van der Waals surface area contributed by atoms with Crippen LogP contribution in [-0.4, -0.2) is 11.7 Å². The molecule has 1 nitrogen and oxygen atoms in total. The zero-order valence-corrected chi connectivity index (χ0v) is 7.51.